The van der Waals surface area contributed by atoms with Crippen molar-refractivity contribution in [2.24, 2.45) is 0 Å². The molecule has 1 spiro atoms. The topological polar surface area (TPSA) is 21.7 Å². The maximum atomic E-state index is 5.52. The Morgan fingerprint density at radius 3 is 2.24 bits per heavy atom. The van der Waals surface area contributed by atoms with Gasteiger partial charge in [0.25, 0.3) is 0 Å². The van der Waals surface area contributed by atoms with Crippen molar-refractivity contribution in [2.75, 3.05) is 27.8 Å². The van der Waals surface area contributed by atoms with Crippen LogP contribution in [0.5, 0.6) is 11.5 Å². The lowest BCUT2D eigenvalue weighted by atomic mass is 9.66. The molecule has 1 saturated carbocycles. The van der Waals surface area contributed by atoms with Crippen LogP contribution in [0.3, 0.4) is 0 Å². The Morgan fingerprint density at radius 2 is 1.62 bits per heavy atom. The third-order valence-electron chi connectivity index (χ3n) is 5.00. The van der Waals surface area contributed by atoms with E-state index in [4.69, 9.17) is 9.47 Å². The van der Waals surface area contributed by atoms with Crippen molar-refractivity contribution in [1.82, 2.24) is 4.90 Å². The maximum absolute atomic E-state index is 5.52. The fourth-order valence-electron chi connectivity index (χ4n) is 4.15. The molecule has 1 aromatic rings. The lowest BCUT2D eigenvalue weighted by molar-refractivity contribution is -0.00000505. The van der Waals surface area contributed by atoms with Crippen LogP contribution < -0.4 is 21.9 Å². The van der Waals surface area contributed by atoms with Crippen LogP contribution in [0.15, 0.2) is 12.1 Å². The van der Waals surface area contributed by atoms with E-state index >= 15 is 0 Å². The molecule has 4 heteroatoms. The Labute approximate surface area is 134 Å². The summed E-state index contributed by atoms with van der Waals surface area (Å²) in [7, 11) is 5.68. The van der Waals surface area contributed by atoms with Gasteiger partial charge in [0.15, 0.2) is 11.5 Å². The average molecular weight is 311 g/mol. The summed E-state index contributed by atoms with van der Waals surface area (Å²) in [6.07, 6.45) is 6.69. The van der Waals surface area contributed by atoms with E-state index < -0.39 is 0 Å². The zero-order chi connectivity index (χ0) is 14.2. The molecular formula is C17H25ClNO2-. The minimum Gasteiger partial charge on any atom is -1.00 e. The molecule has 0 aromatic heterocycles. The first-order chi connectivity index (χ1) is 9.68. The summed E-state index contributed by atoms with van der Waals surface area (Å²) in [6.45, 7) is 2.19. The molecule has 21 heavy (non-hydrogen) atoms. The van der Waals surface area contributed by atoms with Crippen LogP contribution in [0.2, 0.25) is 0 Å². The predicted molar refractivity (Wildman–Crippen MR) is 80.6 cm³/mol. The summed E-state index contributed by atoms with van der Waals surface area (Å²) in [5.41, 5.74) is 3.26. The predicted octanol–water partition coefficient (Wildman–Crippen LogP) is 0.355. The van der Waals surface area contributed by atoms with Crippen molar-refractivity contribution >= 4 is 0 Å². The molecule has 0 N–H and O–H groups in total. The molecule has 0 amide bonds. The van der Waals surface area contributed by atoms with Crippen molar-refractivity contribution in [3.05, 3.63) is 23.3 Å². The zero-order valence-electron chi connectivity index (χ0n) is 13.2. The second-order valence-electron chi connectivity index (χ2n) is 6.38. The van der Waals surface area contributed by atoms with Gasteiger partial charge in [-0.15, -0.1) is 0 Å². The van der Waals surface area contributed by atoms with Gasteiger partial charge in [-0.1, -0.05) is 19.3 Å². The minimum atomic E-state index is 0. The van der Waals surface area contributed by atoms with Gasteiger partial charge in [-0.2, -0.15) is 0 Å². The van der Waals surface area contributed by atoms with Gasteiger partial charge in [-0.3, -0.25) is 0 Å². The third kappa shape index (κ3) is 2.86. The fraction of sp³-hybridized carbons (Fsp3) is 0.647. The summed E-state index contributed by atoms with van der Waals surface area (Å²) in [6, 6.07) is 4.42. The highest BCUT2D eigenvalue weighted by molar-refractivity contribution is 5.51. The molecule has 118 valence electrons. The van der Waals surface area contributed by atoms with Crippen LogP contribution in [-0.4, -0.2) is 32.7 Å². The number of likely N-dealkylation sites (N-methyl/N-ethyl adjacent to an activating group) is 1. The van der Waals surface area contributed by atoms with Crippen molar-refractivity contribution in [2.45, 2.75) is 44.1 Å². The largest absolute Gasteiger partial charge is 1.00 e. The molecule has 3 rings (SSSR count). The van der Waals surface area contributed by atoms with Gasteiger partial charge in [0.05, 0.1) is 14.2 Å². The van der Waals surface area contributed by atoms with E-state index in [1.807, 2.05) is 0 Å². The lowest BCUT2D eigenvalue weighted by Gasteiger charge is -2.45. The molecule has 0 atom stereocenters. The smallest absolute Gasteiger partial charge is 0.161 e. The lowest BCUT2D eigenvalue weighted by Crippen LogP contribution is -3.00. The summed E-state index contributed by atoms with van der Waals surface area (Å²) < 4.78 is 11.0. The zero-order valence-corrected chi connectivity index (χ0v) is 14.0. The minimum absolute atomic E-state index is 0. The SMILES string of the molecule is COc1cc2c(cc1OC)C1(CCCCC1)CN(C)C2.[Cl-]. The van der Waals surface area contributed by atoms with E-state index in [-0.39, 0.29) is 12.4 Å². The molecule has 1 fully saturated rings. The standard InChI is InChI=1S/C17H25NO2.ClH/c1-18-11-13-9-15(19-2)16(20-3)10-14(13)17(12-18)7-5-4-6-8-17;/h9-10H,4-8,11-12H2,1-3H3;1H/p-1. The Bertz CT molecular complexity index is 498. The van der Waals surface area contributed by atoms with Crippen molar-refractivity contribution in [3.63, 3.8) is 0 Å². The van der Waals surface area contributed by atoms with Crippen LogP contribution in [0.1, 0.15) is 43.2 Å². The first-order valence-electron chi connectivity index (χ1n) is 7.62. The average Bonchev–Trinajstić information content (AvgIpc) is 2.46. The molecule has 0 unspecified atom stereocenters. The number of hydrogen-bond donors (Lipinski definition) is 0. The van der Waals surface area contributed by atoms with E-state index in [1.54, 1.807) is 14.2 Å². The van der Waals surface area contributed by atoms with Crippen molar-refractivity contribution < 1.29 is 21.9 Å². The number of rotatable bonds is 2. The molecule has 1 heterocycles. The first kappa shape index (κ1) is 16.4. The Hall–Kier alpha value is -0.930. The molecule has 1 aliphatic heterocycles. The third-order valence-corrected chi connectivity index (χ3v) is 5.00. The van der Waals surface area contributed by atoms with E-state index in [9.17, 15) is 0 Å². The first-order valence-corrected chi connectivity index (χ1v) is 7.62. The Morgan fingerprint density at radius 1 is 1.00 bits per heavy atom. The Balaban J connectivity index is 0.00000161. The van der Waals surface area contributed by atoms with Gasteiger partial charge in [-0.05, 0) is 43.1 Å². The highest BCUT2D eigenvalue weighted by Gasteiger charge is 2.40. The molecule has 0 radical (unpaired) electrons. The summed E-state index contributed by atoms with van der Waals surface area (Å²) >= 11 is 0. The summed E-state index contributed by atoms with van der Waals surface area (Å²) in [5, 5.41) is 0. The normalized spacial score (nSPS) is 20.5. The highest BCUT2D eigenvalue weighted by Crippen LogP contribution is 2.47. The number of hydrogen-bond acceptors (Lipinski definition) is 3. The highest BCUT2D eigenvalue weighted by atomic mass is 35.5. The van der Waals surface area contributed by atoms with Gasteiger partial charge in [0.2, 0.25) is 0 Å². The van der Waals surface area contributed by atoms with E-state index in [1.165, 1.54) is 49.8 Å². The van der Waals surface area contributed by atoms with Gasteiger partial charge < -0.3 is 26.8 Å². The molecule has 1 aromatic carbocycles. The van der Waals surface area contributed by atoms with E-state index in [2.05, 4.69) is 24.1 Å². The van der Waals surface area contributed by atoms with Crippen LogP contribution in [-0.2, 0) is 12.0 Å². The van der Waals surface area contributed by atoms with Crippen LogP contribution in [0, 0.1) is 0 Å². The number of fused-ring (bicyclic) bond motifs is 2. The summed E-state index contributed by atoms with van der Waals surface area (Å²) in [5.74, 6) is 1.73. The molecule has 1 aliphatic carbocycles. The van der Waals surface area contributed by atoms with Crippen LogP contribution >= 0.6 is 0 Å². The van der Waals surface area contributed by atoms with Crippen LogP contribution in [0.4, 0.5) is 0 Å². The molecule has 3 nitrogen and oxygen atoms in total. The number of ether oxygens (including phenoxy) is 2. The summed E-state index contributed by atoms with van der Waals surface area (Å²) in [4.78, 5) is 2.46. The molecule has 2 aliphatic rings. The second kappa shape index (κ2) is 6.45. The van der Waals surface area contributed by atoms with Gasteiger partial charge in [0, 0.05) is 18.5 Å². The second-order valence-corrected chi connectivity index (χ2v) is 6.38. The molecular weight excluding hydrogens is 286 g/mol. The quantitative estimate of drug-likeness (QED) is 0.787. The van der Waals surface area contributed by atoms with Gasteiger partial charge >= 0.3 is 0 Å². The molecule has 0 saturated heterocycles. The monoisotopic (exact) mass is 310 g/mol. The number of benzene rings is 1. The number of halogens is 1. The van der Waals surface area contributed by atoms with Gasteiger partial charge in [0.1, 0.15) is 0 Å². The number of methoxy groups -OCH3 is 2. The van der Waals surface area contributed by atoms with Crippen LogP contribution in [0.25, 0.3) is 0 Å². The van der Waals surface area contributed by atoms with Gasteiger partial charge in [-0.25, -0.2) is 0 Å². The van der Waals surface area contributed by atoms with E-state index in [0.717, 1.165) is 18.0 Å². The fourth-order valence-corrected chi connectivity index (χ4v) is 4.15. The van der Waals surface area contributed by atoms with Crippen molar-refractivity contribution in [1.29, 1.82) is 0 Å². The molecule has 0 bridgehead atoms. The maximum Gasteiger partial charge on any atom is 0.161 e. The Kier molecular flexibility index (Phi) is 5.05. The van der Waals surface area contributed by atoms with Crippen molar-refractivity contribution in [3.8, 4) is 11.5 Å². The number of nitrogens with zero attached hydrogens (tertiary/aromatic N) is 1. The van der Waals surface area contributed by atoms with E-state index in [0.29, 0.717) is 5.41 Å².